The SMILES string of the molecule is COC(=O)c1ccc(-c2nc3c(Cl)cc(OC)cc3[nH]2)cc1. The van der Waals surface area contributed by atoms with Crippen LogP contribution in [0.4, 0.5) is 0 Å². The minimum Gasteiger partial charge on any atom is -0.497 e. The number of nitrogens with zero attached hydrogens (tertiary/aromatic N) is 1. The van der Waals surface area contributed by atoms with Crippen LogP contribution in [-0.2, 0) is 4.74 Å². The van der Waals surface area contributed by atoms with Crippen LogP contribution in [0.2, 0.25) is 5.02 Å². The number of nitrogens with one attached hydrogen (secondary N) is 1. The molecule has 2 aromatic carbocycles. The summed E-state index contributed by atoms with van der Waals surface area (Å²) in [7, 11) is 2.94. The molecule has 0 unspecified atom stereocenters. The zero-order valence-corrected chi connectivity index (χ0v) is 12.8. The molecule has 1 heterocycles. The third-order valence-electron chi connectivity index (χ3n) is 3.33. The van der Waals surface area contributed by atoms with E-state index in [2.05, 4.69) is 14.7 Å². The number of carbonyl (C=O) groups excluding carboxylic acids is 1. The number of imidazole rings is 1. The Morgan fingerprint density at radius 2 is 1.91 bits per heavy atom. The molecule has 3 rings (SSSR count). The summed E-state index contributed by atoms with van der Waals surface area (Å²) in [5.74, 6) is 0.958. The van der Waals surface area contributed by atoms with Crippen LogP contribution >= 0.6 is 11.6 Å². The molecule has 0 saturated heterocycles. The average molecular weight is 317 g/mol. The average Bonchev–Trinajstić information content (AvgIpc) is 2.98. The zero-order valence-electron chi connectivity index (χ0n) is 12.0. The Morgan fingerprint density at radius 1 is 1.18 bits per heavy atom. The Labute approximate surface area is 131 Å². The lowest BCUT2D eigenvalue weighted by Gasteiger charge is -2.00. The number of ether oxygens (including phenoxy) is 2. The molecule has 0 bridgehead atoms. The van der Waals surface area contributed by atoms with Crippen molar-refractivity contribution in [3.05, 3.63) is 47.0 Å². The Kier molecular flexibility index (Phi) is 3.73. The molecule has 112 valence electrons. The van der Waals surface area contributed by atoms with Crippen LogP contribution in [0.1, 0.15) is 10.4 Å². The lowest BCUT2D eigenvalue weighted by atomic mass is 10.1. The summed E-state index contributed by atoms with van der Waals surface area (Å²) in [6.07, 6.45) is 0. The number of fused-ring (bicyclic) bond motifs is 1. The van der Waals surface area contributed by atoms with Crippen molar-refractivity contribution in [2.24, 2.45) is 0 Å². The maximum absolute atomic E-state index is 11.4. The molecule has 1 aromatic heterocycles. The monoisotopic (exact) mass is 316 g/mol. The first-order chi connectivity index (χ1) is 10.6. The van der Waals surface area contributed by atoms with Gasteiger partial charge in [-0.3, -0.25) is 0 Å². The van der Waals surface area contributed by atoms with Gasteiger partial charge in [0.15, 0.2) is 0 Å². The first-order valence-corrected chi connectivity index (χ1v) is 6.92. The number of esters is 1. The predicted octanol–water partition coefficient (Wildman–Crippen LogP) is 3.68. The molecule has 0 aliphatic heterocycles. The van der Waals surface area contributed by atoms with E-state index in [1.165, 1.54) is 7.11 Å². The van der Waals surface area contributed by atoms with E-state index in [0.717, 1.165) is 11.1 Å². The van der Waals surface area contributed by atoms with Crippen molar-refractivity contribution in [1.82, 2.24) is 9.97 Å². The molecule has 0 aliphatic carbocycles. The quantitative estimate of drug-likeness (QED) is 0.749. The highest BCUT2D eigenvalue weighted by molar-refractivity contribution is 6.35. The highest BCUT2D eigenvalue weighted by Crippen LogP contribution is 2.30. The standard InChI is InChI=1S/C16H13ClN2O3/c1-21-11-7-12(17)14-13(8-11)18-15(19-14)9-3-5-10(6-4-9)16(20)22-2/h3-8H,1-2H3,(H,18,19). The molecular weight excluding hydrogens is 304 g/mol. The molecule has 0 radical (unpaired) electrons. The van der Waals surface area contributed by atoms with Gasteiger partial charge in [-0.05, 0) is 12.1 Å². The summed E-state index contributed by atoms with van der Waals surface area (Å²) in [4.78, 5) is 19.1. The van der Waals surface area contributed by atoms with Crippen molar-refractivity contribution in [3.63, 3.8) is 0 Å². The summed E-state index contributed by atoms with van der Waals surface area (Å²) < 4.78 is 9.87. The first-order valence-electron chi connectivity index (χ1n) is 6.54. The summed E-state index contributed by atoms with van der Waals surface area (Å²) in [5.41, 5.74) is 2.80. The van der Waals surface area contributed by atoms with E-state index in [1.54, 1.807) is 37.4 Å². The van der Waals surface area contributed by atoms with Crippen LogP contribution in [0.15, 0.2) is 36.4 Å². The topological polar surface area (TPSA) is 64.2 Å². The molecule has 0 amide bonds. The number of benzene rings is 2. The second-order valence-electron chi connectivity index (χ2n) is 4.66. The van der Waals surface area contributed by atoms with Crippen LogP contribution in [0.25, 0.3) is 22.4 Å². The number of aromatic amines is 1. The van der Waals surface area contributed by atoms with Gasteiger partial charge >= 0.3 is 5.97 Å². The van der Waals surface area contributed by atoms with Crippen molar-refractivity contribution in [2.75, 3.05) is 14.2 Å². The van der Waals surface area contributed by atoms with E-state index >= 15 is 0 Å². The number of rotatable bonds is 3. The molecule has 0 fully saturated rings. The van der Waals surface area contributed by atoms with Crippen molar-refractivity contribution >= 4 is 28.6 Å². The third-order valence-corrected chi connectivity index (χ3v) is 3.62. The van der Waals surface area contributed by atoms with Gasteiger partial charge in [-0.1, -0.05) is 23.7 Å². The molecule has 0 atom stereocenters. The fourth-order valence-electron chi connectivity index (χ4n) is 2.19. The molecule has 5 nitrogen and oxygen atoms in total. The van der Waals surface area contributed by atoms with Crippen molar-refractivity contribution in [3.8, 4) is 17.1 Å². The maximum Gasteiger partial charge on any atom is 0.337 e. The summed E-state index contributed by atoms with van der Waals surface area (Å²) in [6.45, 7) is 0. The second kappa shape index (κ2) is 5.69. The Hall–Kier alpha value is -2.53. The van der Waals surface area contributed by atoms with Gasteiger partial charge in [0.1, 0.15) is 17.1 Å². The lowest BCUT2D eigenvalue weighted by Crippen LogP contribution is -2.00. The minimum atomic E-state index is -0.371. The summed E-state index contributed by atoms with van der Waals surface area (Å²) >= 11 is 6.20. The Morgan fingerprint density at radius 3 is 2.55 bits per heavy atom. The smallest absolute Gasteiger partial charge is 0.337 e. The number of hydrogen-bond acceptors (Lipinski definition) is 4. The highest BCUT2D eigenvalue weighted by Gasteiger charge is 2.11. The summed E-state index contributed by atoms with van der Waals surface area (Å²) in [5, 5.41) is 0.517. The van der Waals surface area contributed by atoms with Crippen LogP contribution < -0.4 is 4.74 Å². The van der Waals surface area contributed by atoms with Crippen LogP contribution in [-0.4, -0.2) is 30.2 Å². The van der Waals surface area contributed by atoms with Crippen molar-refractivity contribution in [2.45, 2.75) is 0 Å². The van der Waals surface area contributed by atoms with Gasteiger partial charge in [-0.15, -0.1) is 0 Å². The maximum atomic E-state index is 11.4. The van der Waals surface area contributed by atoms with Gasteiger partial charge in [0.2, 0.25) is 0 Å². The molecule has 3 aromatic rings. The van der Waals surface area contributed by atoms with Gasteiger partial charge < -0.3 is 14.5 Å². The molecule has 1 N–H and O–H groups in total. The molecule has 0 spiro atoms. The van der Waals surface area contributed by atoms with Gasteiger partial charge in [0.05, 0.1) is 30.3 Å². The fourth-order valence-corrected chi connectivity index (χ4v) is 2.44. The van der Waals surface area contributed by atoms with Crippen molar-refractivity contribution < 1.29 is 14.3 Å². The number of methoxy groups -OCH3 is 2. The Bertz CT molecular complexity index is 840. The first kappa shape index (κ1) is 14.4. The number of H-pyrrole nitrogens is 1. The highest BCUT2D eigenvalue weighted by atomic mass is 35.5. The predicted molar refractivity (Wildman–Crippen MR) is 84.4 cm³/mol. The third kappa shape index (κ3) is 2.51. The van der Waals surface area contributed by atoms with E-state index in [4.69, 9.17) is 16.3 Å². The van der Waals surface area contributed by atoms with E-state index < -0.39 is 0 Å². The van der Waals surface area contributed by atoms with Crippen LogP contribution in [0, 0.1) is 0 Å². The normalized spacial score (nSPS) is 10.7. The van der Waals surface area contributed by atoms with E-state index in [1.807, 2.05) is 6.07 Å². The minimum absolute atomic E-state index is 0.371. The van der Waals surface area contributed by atoms with Gasteiger partial charge in [0.25, 0.3) is 0 Å². The number of aromatic nitrogens is 2. The molecule has 0 aliphatic rings. The Balaban J connectivity index is 2.03. The number of halogens is 1. The van der Waals surface area contributed by atoms with E-state index in [9.17, 15) is 4.79 Å². The van der Waals surface area contributed by atoms with Crippen molar-refractivity contribution in [1.29, 1.82) is 0 Å². The summed E-state index contributed by atoms with van der Waals surface area (Å²) in [6, 6.07) is 10.5. The molecule has 22 heavy (non-hydrogen) atoms. The number of hydrogen-bond donors (Lipinski definition) is 1. The largest absolute Gasteiger partial charge is 0.497 e. The van der Waals surface area contributed by atoms with Gasteiger partial charge in [-0.25, -0.2) is 9.78 Å². The van der Waals surface area contributed by atoms with Gasteiger partial charge in [-0.2, -0.15) is 0 Å². The molecular formula is C16H13ClN2O3. The zero-order chi connectivity index (χ0) is 15.7. The van der Waals surface area contributed by atoms with E-state index in [0.29, 0.717) is 27.7 Å². The second-order valence-corrected chi connectivity index (χ2v) is 5.07. The van der Waals surface area contributed by atoms with Gasteiger partial charge in [0, 0.05) is 17.7 Å². The van der Waals surface area contributed by atoms with E-state index in [-0.39, 0.29) is 5.97 Å². The molecule has 6 heteroatoms. The lowest BCUT2D eigenvalue weighted by molar-refractivity contribution is 0.0601. The van der Waals surface area contributed by atoms with Crippen LogP contribution in [0.5, 0.6) is 5.75 Å². The number of carbonyl (C=O) groups is 1. The fraction of sp³-hybridized carbons (Fsp3) is 0.125. The van der Waals surface area contributed by atoms with Crippen LogP contribution in [0.3, 0.4) is 0 Å². The molecule has 0 saturated carbocycles.